The third kappa shape index (κ3) is 3.79. The Balaban J connectivity index is 1.46. The highest BCUT2D eigenvalue weighted by Gasteiger charge is 2.33. The van der Waals surface area contributed by atoms with E-state index in [1.165, 1.54) is 19.3 Å². The first-order valence-corrected chi connectivity index (χ1v) is 8.96. The second-order valence-electron chi connectivity index (χ2n) is 6.61. The van der Waals surface area contributed by atoms with Crippen molar-refractivity contribution in [2.45, 2.75) is 12.5 Å². The van der Waals surface area contributed by atoms with Crippen LogP contribution in [0.1, 0.15) is 11.1 Å². The van der Waals surface area contributed by atoms with Crippen molar-refractivity contribution in [2.24, 2.45) is 0 Å². The van der Waals surface area contributed by atoms with Gasteiger partial charge in [-0.1, -0.05) is 30.3 Å². The van der Waals surface area contributed by atoms with E-state index >= 15 is 0 Å². The summed E-state index contributed by atoms with van der Waals surface area (Å²) in [4.78, 5) is 29.9. The molecule has 4 rings (SSSR count). The summed E-state index contributed by atoms with van der Waals surface area (Å²) < 4.78 is 20.7. The highest BCUT2D eigenvalue weighted by molar-refractivity contribution is 6.00. The van der Waals surface area contributed by atoms with Gasteiger partial charge in [0.05, 0.1) is 6.20 Å². The van der Waals surface area contributed by atoms with E-state index < -0.39 is 23.9 Å². The third-order valence-corrected chi connectivity index (χ3v) is 4.61. The van der Waals surface area contributed by atoms with Crippen LogP contribution in [0.25, 0.3) is 0 Å². The predicted octanol–water partition coefficient (Wildman–Crippen LogP) is 1.99. The van der Waals surface area contributed by atoms with Crippen molar-refractivity contribution >= 4 is 17.6 Å². The van der Waals surface area contributed by atoms with Gasteiger partial charge in [-0.3, -0.25) is 4.79 Å². The standard InChI is InChI=1S/C20H18FN5O3/c1-25-17-16(7-8-22-18(17)21)29-12-15(19(25)27)24-20(28)26-11-14(10-23-26)9-13-5-3-2-4-6-13/h2-8,10-11,15H,9,12H2,1H3,(H,24,28)/t15-/m0/s1. The van der Waals surface area contributed by atoms with Crippen LogP contribution in [-0.2, 0) is 11.2 Å². The minimum atomic E-state index is -0.999. The smallest absolute Gasteiger partial charge is 0.342 e. The highest BCUT2D eigenvalue weighted by Crippen LogP contribution is 2.31. The topological polar surface area (TPSA) is 89.4 Å². The summed E-state index contributed by atoms with van der Waals surface area (Å²) in [5.74, 6) is -1.14. The Hall–Kier alpha value is -3.75. The van der Waals surface area contributed by atoms with Gasteiger partial charge in [0, 0.05) is 31.9 Å². The molecular formula is C20H18FN5O3. The molecule has 1 atom stereocenters. The van der Waals surface area contributed by atoms with Crippen molar-refractivity contribution in [3.63, 3.8) is 0 Å². The van der Waals surface area contributed by atoms with Crippen LogP contribution >= 0.6 is 0 Å². The summed E-state index contributed by atoms with van der Waals surface area (Å²) in [6.45, 7) is -0.135. The van der Waals surface area contributed by atoms with E-state index in [9.17, 15) is 14.0 Å². The molecule has 0 fully saturated rings. The molecule has 0 unspecified atom stereocenters. The molecule has 2 aromatic heterocycles. The first-order chi connectivity index (χ1) is 14.0. The zero-order valence-electron chi connectivity index (χ0n) is 15.6. The van der Waals surface area contributed by atoms with Crippen LogP contribution < -0.4 is 15.0 Å². The predicted molar refractivity (Wildman–Crippen MR) is 102 cm³/mol. The Kier molecular flexibility index (Phi) is 4.94. The molecule has 0 saturated carbocycles. The van der Waals surface area contributed by atoms with Gasteiger partial charge in [0.15, 0.2) is 0 Å². The SMILES string of the molecule is CN1C(=O)[C@@H](NC(=O)n2cc(Cc3ccccc3)cn2)COc2ccnc(F)c21. The number of carbonyl (C=O) groups is 2. The molecule has 0 bridgehead atoms. The highest BCUT2D eigenvalue weighted by atomic mass is 19.1. The Labute approximate surface area is 165 Å². The third-order valence-electron chi connectivity index (χ3n) is 4.61. The van der Waals surface area contributed by atoms with Gasteiger partial charge >= 0.3 is 6.03 Å². The van der Waals surface area contributed by atoms with Crippen LogP contribution in [-0.4, -0.2) is 46.4 Å². The Morgan fingerprint density at radius 2 is 2.07 bits per heavy atom. The molecule has 0 aliphatic carbocycles. The molecule has 1 N–H and O–H groups in total. The maximum Gasteiger partial charge on any atom is 0.342 e. The molecule has 0 spiro atoms. The number of likely N-dealkylation sites (N-methyl/N-ethyl adjacent to an activating group) is 1. The number of hydrogen-bond donors (Lipinski definition) is 1. The van der Waals surface area contributed by atoms with Gasteiger partial charge in [0.1, 0.15) is 24.1 Å². The number of pyridine rings is 1. The molecule has 1 aliphatic rings. The van der Waals surface area contributed by atoms with Crippen LogP contribution in [0.4, 0.5) is 14.9 Å². The minimum absolute atomic E-state index is 0.0570. The molecule has 0 radical (unpaired) electrons. The normalized spacial score (nSPS) is 16.0. The zero-order valence-corrected chi connectivity index (χ0v) is 15.6. The quantitative estimate of drug-likeness (QED) is 0.685. The summed E-state index contributed by atoms with van der Waals surface area (Å²) in [5, 5.41) is 6.66. The van der Waals surface area contributed by atoms with Crippen LogP contribution in [0.15, 0.2) is 55.0 Å². The molecule has 9 heteroatoms. The summed E-state index contributed by atoms with van der Waals surface area (Å²) in [5.41, 5.74) is 1.89. The summed E-state index contributed by atoms with van der Waals surface area (Å²) in [6, 6.07) is 9.68. The number of aromatic nitrogens is 3. The monoisotopic (exact) mass is 395 g/mol. The fourth-order valence-corrected chi connectivity index (χ4v) is 3.13. The van der Waals surface area contributed by atoms with E-state index in [1.54, 1.807) is 12.4 Å². The van der Waals surface area contributed by atoms with E-state index in [4.69, 9.17) is 4.74 Å². The number of benzene rings is 1. The number of fused-ring (bicyclic) bond motifs is 1. The maximum atomic E-state index is 14.0. The van der Waals surface area contributed by atoms with Gasteiger partial charge in [0.25, 0.3) is 5.91 Å². The van der Waals surface area contributed by atoms with Gasteiger partial charge in [-0.2, -0.15) is 14.2 Å². The van der Waals surface area contributed by atoms with Crippen molar-refractivity contribution in [3.05, 3.63) is 72.1 Å². The van der Waals surface area contributed by atoms with Gasteiger partial charge in [0.2, 0.25) is 5.95 Å². The molecule has 3 aromatic rings. The molecule has 1 aromatic carbocycles. The molecule has 29 heavy (non-hydrogen) atoms. The van der Waals surface area contributed by atoms with Gasteiger partial charge in [-0.05, 0) is 11.1 Å². The van der Waals surface area contributed by atoms with Crippen molar-refractivity contribution in [2.75, 3.05) is 18.6 Å². The minimum Gasteiger partial charge on any atom is -0.488 e. The van der Waals surface area contributed by atoms with Gasteiger partial charge in [-0.25, -0.2) is 9.78 Å². The van der Waals surface area contributed by atoms with E-state index in [1.807, 2.05) is 30.3 Å². The van der Waals surface area contributed by atoms with Gasteiger partial charge < -0.3 is 15.0 Å². The van der Waals surface area contributed by atoms with Crippen molar-refractivity contribution in [1.29, 1.82) is 0 Å². The lowest BCUT2D eigenvalue weighted by atomic mass is 10.1. The molecule has 2 amide bonds. The summed E-state index contributed by atoms with van der Waals surface area (Å²) in [6.07, 6.45) is 5.08. The summed E-state index contributed by atoms with van der Waals surface area (Å²) >= 11 is 0. The Bertz CT molecular complexity index is 1050. The average Bonchev–Trinajstić information content (AvgIpc) is 3.15. The Morgan fingerprint density at radius 1 is 1.28 bits per heavy atom. The number of hydrogen-bond acceptors (Lipinski definition) is 5. The molecule has 148 valence electrons. The molecule has 1 aliphatic heterocycles. The largest absolute Gasteiger partial charge is 0.488 e. The first kappa shape index (κ1) is 18.6. The molecular weight excluding hydrogens is 377 g/mol. The van der Waals surface area contributed by atoms with E-state index in [-0.39, 0.29) is 18.0 Å². The van der Waals surface area contributed by atoms with Crippen LogP contribution in [0.5, 0.6) is 5.75 Å². The Morgan fingerprint density at radius 3 is 2.86 bits per heavy atom. The van der Waals surface area contributed by atoms with Gasteiger partial charge in [-0.15, -0.1) is 0 Å². The molecule has 3 heterocycles. The van der Waals surface area contributed by atoms with E-state index in [2.05, 4.69) is 15.4 Å². The lowest BCUT2D eigenvalue weighted by Gasteiger charge is -2.20. The fraction of sp³-hybridized carbons (Fsp3) is 0.200. The number of anilines is 1. The number of rotatable bonds is 3. The lowest BCUT2D eigenvalue weighted by molar-refractivity contribution is -0.120. The number of amides is 2. The van der Waals surface area contributed by atoms with E-state index in [0.29, 0.717) is 6.42 Å². The number of carbonyl (C=O) groups excluding carboxylic acids is 2. The van der Waals surface area contributed by atoms with Crippen LogP contribution in [0, 0.1) is 5.95 Å². The lowest BCUT2D eigenvalue weighted by Crippen LogP contribution is -2.50. The van der Waals surface area contributed by atoms with E-state index in [0.717, 1.165) is 20.7 Å². The number of nitrogens with one attached hydrogen (secondary N) is 1. The first-order valence-electron chi connectivity index (χ1n) is 8.96. The second kappa shape index (κ2) is 7.70. The van der Waals surface area contributed by atoms with Crippen molar-refractivity contribution in [1.82, 2.24) is 20.1 Å². The zero-order chi connectivity index (χ0) is 20.4. The number of nitrogens with zero attached hydrogens (tertiary/aromatic N) is 4. The molecule has 0 saturated heterocycles. The fourth-order valence-electron chi connectivity index (χ4n) is 3.13. The average molecular weight is 395 g/mol. The number of ether oxygens (including phenoxy) is 1. The summed E-state index contributed by atoms with van der Waals surface area (Å²) in [7, 11) is 1.41. The van der Waals surface area contributed by atoms with Crippen LogP contribution in [0.2, 0.25) is 0 Å². The van der Waals surface area contributed by atoms with Crippen LogP contribution in [0.3, 0.4) is 0 Å². The van der Waals surface area contributed by atoms with Crippen molar-refractivity contribution in [3.8, 4) is 5.75 Å². The number of halogens is 1. The maximum absolute atomic E-state index is 14.0. The second-order valence-corrected chi connectivity index (χ2v) is 6.61. The van der Waals surface area contributed by atoms with Crippen molar-refractivity contribution < 1.29 is 18.7 Å². The molecule has 8 nitrogen and oxygen atoms in total.